The molecule has 1 fully saturated rings. The van der Waals surface area contributed by atoms with Gasteiger partial charge in [-0.1, -0.05) is 17.7 Å². The highest BCUT2D eigenvalue weighted by atomic mass is 35.5. The molecule has 2 heterocycles. The topological polar surface area (TPSA) is 36.4 Å². The molecule has 0 aromatic carbocycles. The van der Waals surface area contributed by atoms with Crippen molar-refractivity contribution in [1.82, 2.24) is 4.98 Å². The number of aliphatic hydroxyl groups excluding tert-OH is 1. The number of nitrogens with zero attached hydrogens (tertiary/aromatic N) is 2. The summed E-state index contributed by atoms with van der Waals surface area (Å²) in [5, 5.41) is 10.1. The highest BCUT2D eigenvalue weighted by Crippen LogP contribution is 2.19. The van der Waals surface area contributed by atoms with Gasteiger partial charge >= 0.3 is 0 Å². The fourth-order valence-corrected chi connectivity index (χ4v) is 2.04. The van der Waals surface area contributed by atoms with E-state index in [1.807, 2.05) is 12.1 Å². The zero-order chi connectivity index (χ0) is 10.7. The minimum atomic E-state index is -0.158. The molecule has 0 saturated carbocycles. The van der Waals surface area contributed by atoms with Gasteiger partial charge in [0.25, 0.3) is 0 Å². The molecule has 1 aliphatic rings. The first-order chi connectivity index (χ1) is 7.25. The molecule has 0 spiro atoms. The maximum atomic E-state index is 9.54. The van der Waals surface area contributed by atoms with Gasteiger partial charge in [-0.2, -0.15) is 0 Å². The molecule has 0 bridgehead atoms. The molecule has 1 saturated heterocycles. The largest absolute Gasteiger partial charge is 0.393 e. The third-order valence-electron chi connectivity index (χ3n) is 2.72. The Bertz CT molecular complexity index is 332. The normalized spacial score (nSPS) is 22.5. The minimum Gasteiger partial charge on any atom is -0.393 e. The molecule has 1 unspecified atom stereocenters. The van der Waals surface area contributed by atoms with Crippen LogP contribution in [0, 0.1) is 0 Å². The van der Waals surface area contributed by atoms with Gasteiger partial charge in [-0.05, 0) is 31.4 Å². The Labute approximate surface area is 94.7 Å². The zero-order valence-electron chi connectivity index (χ0n) is 8.56. The maximum absolute atomic E-state index is 9.54. The van der Waals surface area contributed by atoms with Crippen LogP contribution in [0.3, 0.4) is 0 Å². The molecule has 4 heteroatoms. The second-order valence-electron chi connectivity index (χ2n) is 3.89. The van der Waals surface area contributed by atoms with E-state index < -0.39 is 0 Å². The van der Waals surface area contributed by atoms with Gasteiger partial charge in [0.1, 0.15) is 11.0 Å². The maximum Gasteiger partial charge on any atom is 0.131 e. The van der Waals surface area contributed by atoms with Crippen molar-refractivity contribution in [3.05, 3.63) is 23.4 Å². The molecule has 15 heavy (non-hydrogen) atoms. The summed E-state index contributed by atoms with van der Waals surface area (Å²) in [6.07, 6.45) is 2.55. The molecule has 0 radical (unpaired) electrons. The van der Waals surface area contributed by atoms with Crippen LogP contribution in [0.1, 0.15) is 19.3 Å². The molecule has 1 N–H and O–H groups in total. The van der Waals surface area contributed by atoms with Crippen molar-refractivity contribution in [3.63, 3.8) is 0 Å². The molecule has 82 valence electrons. The monoisotopic (exact) mass is 226 g/mol. The summed E-state index contributed by atoms with van der Waals surface area (Å²) in [5.41, 5.74) is 0. The van der Waals surface area contributed by atoms with Crippen LogP contribution in [-0.4, -0.2) is 29.3 Å². The number of rotatable bonds is 1. The first-order valence-electron chi connectivity index (χ1n) is 5.31. The van der Waals surface area contributed by atoms with Crippen molar-refractivity contribution >= 4 is 17.4 Å². The van der Waals surface area contributed by atoms with Crippen LogP contribution in [0.25, 0.3) is 0 Å². The number of anilines is 1. The Morgan fingerprint density at radius 3 is 3.00 bits per heavy atom. The van der Waals surface area contributed by atoms with Gasteiger partial charge in [-0.15, -0.1) is 0 Å². The predicted molar refractivity (Wildman–Crippen MR) is 61.3 cm³/mol. The Kier molecular flexibility index (Phi) is 3.44. The average Bonchev–Trinajstić information content (AvgIpc) is 2.43. The Balaban J connectivity index is 2.09. The summed E-state index contributed by atoms with van der Waals surface area (Å²) in [7, 11) is 0. The number of halogens is 1. The van der Waals surface area contributed by atoms with Gasteiger partial charge in [0.2, 0.25) is 0 Å². The molecular formula is C11H15ClN2O. The fraction of sp³-hybridized carbons (Fsp3) is 0.545. The second kappa shape index (κ2) is 4.81. The second-order valence-corrected chi connectivity index (χ2v) is 4.28. The lowest BCUT2D eigenvalue weighted by Gasteiger charge is -2.21. The summed E-state index contributed by atoms with van der Waals surface area (Å²) in [6, 6.07) is 5.65. The molecule has 0 amide bonds. The van der Waals surface area contributed by atoms with E-state index in [1.54, 1.807) is 6.07 Å². The molecule has 1 atom stereocenters. The lowest BCUT2D eigenvalue weighted by atomic mass is 10.2. The third-order valence-corrected chi connectivity index (χ3v) is 2.93. The van der Waals surface area contributed by atoms with Crippen molar-refractivity contribution in [3.8, 4) is 0 Å². The van der Waals surface area contributed by atoms with Crippen LogP contribution >= 0.6 is 11.6 Å². The van der Waals surface area contributed by atoms with Gasteiger partial charge in [0.05, 0.1) is 6.10 Å². The van der Waals surface area contributed by atoms with Crippen molar-refractivity contribution in [2.24, 2.45) is 0 Å². The average molecular weight is 227 g/mol. The van der Waals surface area contributed by atoms with E-state index in [1.165, 1.54) is 0 Å². The van der Waals surface area contributed by atoms with E-state index in [0.29, 0.717) is 5.15 Å². The summed E-state index contributed by atoms with van der Waals surface area (Å²) in [5.74, 6) is 0.914. The van der Waals surface area contributed by atoms with Crippen LogP contribution < -0.4 is 4.90 Å². The van der Waals surface area contributed by atoms with E-state index in [4.69, 9.17) is 11.6 Å². The standard InChI is InChI=1S/C11H15ClN2O/c12-10-4-1-5-11(13-10)14-7-2-3-9(15)6-8-14/h1,4-5,9,15H,2-3,6-8H2. The fourth-order valence-electron chi connectivity index (χ4n) is 1.88. The lowest BCUT2D eigenvalue weighted by Crippen LogP contribution is -2.25. The highest BCUT2D eigenvalue weighted by Gasteiger charge is 2.15. The summed E-state index contributed by atoms with van der Waals surface area (Å²) in [6.45, 7) is 1.80. The summed E-state index contributed by atoms with van der Waals surface area (Å²) >= 11 is 5.85. The zero-order valence-corrected chi connectivity index (χ0v) is 9.32. The van der Waals surface area contributed by atoms with Crippen molar-refractivity contribution in [1.29, 1.82) is 0 Å². The van der Waals surface area contributed by atoms with Gasteiger partial charge in [-0.25, -0.2) is 4.98 Å². The molecule has 1 aromatic heterocycles. The first-order valence-corrected chi connectivity index (χ1v) is 5.69. The molecular weight excluding hydrogens is 212 g/mol. The van der Waals surface area contributed by atoms with Crippen molar-refractivity contribution in [2.75, 3.05) is 18.0 Å². The van der Waals surface area contributed by atoms with Crippen LogP contribution in [0.5, 0.6) is 0 Å². The van der Waals surface area contributed by atoms with Crippen LogP contribution in [-0.2, 0) is 0 Å². The number of pyridine rings is 1. The molecule has 3 nitrogen and oxygen atoms in total. The quantitative estimate of drug-likeness (QED) is 0.745. The molecule has 1 aromatic rings. The minimum absolute atomic E-state index is 0.158. The number of aromatic nitrogens is 1. The van der Waals surface area contributed by atoms with E-state index in [0.717, 1.165) is 38.2 Å². The predicted octanol–water partition coefficient (Wildman–Crippen LogP) is 2.09. The van der Waals surface area contributed by atoms with Crippen molar-refractivity contribution < 1.29 is 5.11 Å². The van der Waals surface area contributed by atoms with Gasteiger partial charge in [0.15, 0.2) is 0 Å². The smallest absolute Gasteiger partial charge is 0.131 e. The Morgan fingerprint density at radius 1 is 1.33 bits per heavy atom. The Morgan fingerprint density at radius 2 is 2.20 bits per heavy atom. The molecule has 0 aliphatic carbocycles. The van der Waals surface area contributed by atoms with E-state index in [-0.39, 0.29) is 6.10 Å². The van der Waals surface area contributed by atoms with Gasteiger partial charge in [-0.3, -0.25) is 0 Å². The number of hydrogen-bond acceptors (Lipinski definition) is 3. The van der Waals surface area contributed by atoms with E-state index >= 15 is 0 Å². The lowest BCUT2D eigenvalue weighted by molar-refractivity contribution is 0.161. The summed E-state index contributed by atoms with van der Waals surface area (Å²) in [4.78, 5) is 6.46. The highest BCUT2D eigenvalue weighted by molar-refractivity contribution is 6.29. The van der Waals surface area contributed by atoms with E-state index in [2.05, 4.69) is 9.88 Å². The number of hydrogen-bond donors (Lipinski definition) is 1. The first kappa shape index (κ1) is 10.7. The number of aliphatic hydroxyl groups is 1. The molecule has 2 rings (SSSR count). The van der Waals surface area contributed by atoms with Crippen molar-refractivity contribution in [2.45, 2.75) is 25.4 Å². The third kappa shape index (κ3) is 2.83. The van der Waals surface area contributed by atoms with Gasteiger partial charge in [0, 0.05) is 13.1 Å². The van der Waals surface area contributed by atoms with Crippen LogP contribution in [0.15, 0.2) is 18.2 Å². The van der Waals surface area contributed by atoms with E-state index in [9.17, 15) is 5.11 Å². The van der Waals surface area contributed by atoms with Gasteiger partial charge < -0.3 is 10.0 Å². The SMILES string of the molecule is OC1CCCN(c2cccc(Cl)n2)CC1. The van der Waals surface area contributed by atoms with Crippen LogP contribution in [0.4, 0.5) is 5.82 Å². The van der Waals surface area contributed by atoms with Crippen LogP contribution in [0.2, 0.25) is 5.15 Å². The summed E-state index contributed by atoms with van der Waals surface area (Å²) < 4.78 is 0. The molecule has 1 aliphatic heterocycles. The Hall–Kier alpha value is -0.800.